The van der Waals surface area contributed by atoms with Crippen molar-refractivity contribution in [3.8, 4) is 0 Å². The highest BCUT2D eigenvalue weighted by Crippen LogP contribution is 2.42. The highest BCUT2D eigenvalue weighted by Gasteiger charge is 2.41. The van der Waals surface area contributed by atoms with Crippen LogP contribution in [0.25, 0.3) is 0 Å². The Morgan fingerprint density at radius 3 is 2.50 bits per heavy atom. The molecule has 0 aromatic carbocycles. The van der Waals surface area contributed by atoms with Crippen molar-refractivity contribution in [2.75, 3.05) is 6.61 Å². The summed E-state index contributed by atoms with van der Waals surface area (Å²) in [7, 11) is 0. The molecule has 0 aromatic rings. The maximum Gasteiger partial charge on any atom is 0.0817 e. The lowest BCUT2D eigenvalue weighted by molar-refractivity contribution is -0.101. The van der Waals surface area contributed by atoms with Crippen molar-refractivity contribution in [3.63, 3.8) is 0 Å². The van der Waals surface area contributed by atoms with E-state index in [4.69, 9.17) is 15.2 Å². The molecule has 0 bridgehead atoms. The van der Waals surface area contributed by atoms with E-state index in [1.807, 2.05) is 0 Å². The Hall–Kier alpha value is -0.120. The molecule has 1 aliphatic heterocycles. The van der Waals surface area contributed by atoms with Gasteiger partial charge in [-0.3, -0.25) is 0 Å². The second kappa shape index (κ2) is 6.76. The van der Waals surface area contributed by atoms with Gasteiger partial charge in [0.15, 0.2) is 0 Å². The van der Waals surface area contributed by atoms with E-state index >= 15 is 0 Å². The SMILES string of the molecule is NC1CCCCCC1OCC1CCC2(CCCCC2)O1. The average molecular weight is 281 g/mol. The van der Waals surface area contributed by atoms with Gasteiger partial charge in [0.2, 0.25) is 0 Å². The maximum absolute atomic E-state index is 6.38. The van der Waals surface area contributed by atoms with Crippen LogP contribution in [-0.2, 0) is 9.47 Å². The van der Waals surface area contributed by atoms with Crippen LogP contribution in [0.4, 0.5) is 0 Å². The van der Waals surface area contributed by atoms with E-state index in [0.717, 1.165) is 19.4 Å². The number of rotatable bonds is 3. The number of nitrogens with two attached hydrogens (primary N) is 1. The molecule has 20 heavy (non-hydrogen) atoms. The van der Waals surface area contributed by atoms with Gasteiger partial charge >= 0.3 is 0 Å². The standard InChI is InChI=1S/C17H31NO2/c18-15-7-3-1-4-8-16(15)19-13-14-9-12-17(20-14)10-5-2-6-11-17/h14-16H,1-13,18H2. The number of hydrogen-bond acceptors (Lipinski definition) is 3. The second-order valence-electron chi connectivity index (χ2n) is 7.20. The molecule has 3 rings (SSSR count). The van der Waals surface area contributed by atoms with Crippen LogP contribution in [0.2, 0.25) is 0 Å². The van der Waals surface area contributed by atoms with Gasteiger partial charge in [-0.15, -0.1) is 0 Å². The third kappa shape index (κ3) is 3.55. The van der Waals surface area contributed by atoms with Crippen molar-refractivity contribution in [1.82, 2.24) is 0 Å². The summed E-state index contributed by atoms with van der Waals surface area (Å²) >= 11 is 0. The lowest BCUT2D eigenvalue weighted by Crippen LogP contribution is -2.38. The molecule has 0 radical (unpaired) electrons. The molecule has 1 spiro atoms. The van der Waals surface area contributed by atoms with Crippen molar-refractivity contribution < 1.29 is 9.47 Å². The quantitative estimate of drug-likeness (QED) is 0.805. The van der Waals surface area contributed by atoms with Crippen LogP contribution in [0.1, 0.15) is 77.0 Å². The Morgan fingerprint density at radius 2 is 1.65 bits per heavy atom. The molecule has 3 fully saturated rings. The van der Waals surface area contributed by atoms with Crippen molar-refractivity contribution in [2.45, 2.75) is 101 Å². The molecule has 3 nitrogen and oxygen atoms in total. The largest absolute Gasteiger partial charge is 0.374 e. The molecule has 1 saturated heterocycles. The molecule has 3 unspecified atom stereocenters. The van der Waals surface area contributed by atoms with E-state index in [1.54, 1.807) is 0 Å². The van der Waals surface area contributed by atoms with Gasteiger partial charge in [-0.2, -0.15) is 0 Å². The van der Waals surface area contributed by atoms with Crippen LogP contribution >= 0.6 is 0 Å². The Kier molecular flexibility index (Phi) is 5.00. The molecule has 0 aromatic heterocycles. The van der Waals surface area contributed by atoms with Gasteiger partial charge < -0.3 is 15.2 Å². The minimum Gasteiger partial charge on any atom is -0.374 e. The monoisotopic (exact) mass is 281 g/mol. The summed E-state index contributed by atoms with van der Waals surface area (Å²) in [5.41, 5.74) is 6.45. The van der Waals surface area contributed by atoms with E-state index in [0.29, 0.717) is 6.10 Å². The highest BCUT2D eigenvalue weighted by atomic mass is 16.6. The van der Waals surface area contributed by atoms with E-state index in [-0.39, 0.29) is 17.7 Å². The van der Waals surface area contributed by atoms with E-state index in [9.17, 15) is 0 Å². The first-order valence-corrected chi connectivity index (χ1v) is 8.82. The average Bonchev–Trinajstić information content (AvgIpc) is 2.72. The van der Waals surface area contributed by atoms with Crippen LogP contribution in [0, 0.1) is 0 Å². The van der Waals surface area contributed by atoms with Gasteiger partial charge in [0.1, 0.15) is 0 Å². The molecular weight excluding hydrogens is 250 g/mol. The van der Waals surface area contributed by atoms with Gasteiger partial charge in [0, 0.05) is 6.04 Å². The summed E-state index contributed by atoms with van der Waals surface area (Å²) in [6.07, 6.45) is 15.8. The Morgan fingerprint density at radius 1 is 0.900 bits per heavy atom. The molecule has 3 aliphatic rings. The molecule has 0 amide bonds. The molecule has 2 saturated carbocycles. The molecule has 2 N–H and O–H groups in total. The third-order valence-corrected chi connectivity index (χ3v) is 5.60. The zero-order chi connectivity index (χ0) is 13.8. The summed E-state index contributed by atoms with van der Waals surface area (Å²) in [4.78, 5) is 0. The Bertz CT molecular complexity index is 301. The fraction of sp³-hybridized carbons (Fsp3) is 1.00. The zero-order valence-corrected chi connectivity index (χ0v) is 12.8. The molecule has 2 aliphatic carbocycles. The Balaban J connectivity index is 1.44. The maximum atomic E-state index is 6.38. The summed E-state index contributed by atoms with van der Waals surface area (Å²) in [5.74, 6) is 0. The molecule has 3 atom stereocenters. The summed E-state index contributed by atoms with van der Waals surface area (Å²) in [6, 6.07) is 0.238. The third-order valence-electron chi connectivity index (χ3n) is 5.60. The van der Waals surface area contributed by atoms with Crippen LogP contribution in [0.5, 0.6) is 0 Å². The van der Waals surface area contributed by atoms with Gasteiger partial charge in [0.25, 0.3) is 0 Å². The number of ether oxygens (including phenoxy) is 2. The van der Waals surface area contributed by atoms with Crippen LogP contribution < -0.4 is 5.73 Å². The first-order chi connectivity index (χ1) is 9.77. The normalized spacial score (nSPS) is 38.0. The predicted octanol–water partition coefficient (Wildman–Crippen LogP) is 3.54. The fourth-order valence-corrected chi connectivity index (χ4v) is 4.32. The first kappa shape index (κ1) is 14.8. The van der Waals surface area contributed by atoms with Crippen LogP contribution in [0.3, 0.4) is 0 Å². The van der Waals surface area contributed by atoms with Crippen LogP contribution in [0.15, 0.2) is 0 Å². The lowest BCUT2D eigenvalue weighted by atomic mass is 9.83. The van der Waals surface area contributed by atoms with Crippen LogP contribution in [-0.4, -0.2) is 30.5 Å². The topological polar surface area (TPSA) is 44.5 Å². The Labute approximate surface area is 123 Å². The molecule has 3 heteroatoms. The van der Waals surface area contributed by atoms with Gasteiger partial charge in [0.05, 0.1) is 24.4 Å². The molecule has 1 heterocycles. The van der Waals surface area contributed by atoms with Crippen molar-refractivity contribution in [1.29, 1.82) is 0 Å². The van der Waals surface area contributed by atoms with Crippen molar-refractivity contribution in [3.05, 3.63) is 0 Å². The lowest BCUT2D eigenvalue weighted by Gasteiger charge is -2.33. The van der Waals surface area contributed by atoms with Gasteiger partial charge in [-0.25, -0.2) is 0 Å². The summed E-state index contributed by atoms with van der Waals surface area (Å²) in [6.45, 7) is 0.764. The number of hydrogen-bond donors (Lipinski definition) is 1. The minimum absolute atomic E-state index is 0.220. The van der Waals surface area contributed by atoms with E-state index < -0.39 is 0 Å². The van der Waals surface area contributed by atoms with E-state index in [2.05, 4.69) is 0 Å². The predicted molar refractivity (Wildman–Crippen MR) is 80.7 cm³/mol. The first-order valence-electron chi connectivity index (χ1n) is 8.82. The highest BCUT2D eigenvalue weighted by molar-refractivity contribution is 4.91. The zero-order valence-electron chi connectivity index (χ0n) is 12.8. The summed E-state index contributed by atoms with van der Waals surface area (Å²) < 4.78 is 12.5. The second-order valence-corrected chi connectivity index (χ2v) is 7.20. The minimum atomic E-state index is 0.220. The molecular formula is C17H31NO2. The van der Waals surface area contributed by atoms with Gasteiger partial charge in [-0.05, 0) is 38.5 Å². The van der Waals surface area contributed by atoms with Crippen molar-refractivity contribution >= 4 is 0 Å². The smallest absolute Gasteiger partial charge is 0.0817 e. The fourth-order valence-electron chi connectivity index (χ4n) is 4.32. The van der Waals surface area contributed by atoms with Crippen molar-refractivity contribution in [2.24, 2.45) is 5.73 Å². The molecule has 116 valence electrons. The van der Waals surface area contributed by atoms with Gasteiger partial charge in [-0.1, -0.05) is 38.5 Å². The summed E-state index contributed by atoms with van der Waals surface area (Å²) in [5, 5.41) is 0. The van der Waals surface area contributed by atoms with E-state index in [1.165, 1.54) is 64.2 Å².